The second-order valence-electron chi connectivity index (χ2n) is 8.49. The molecule has 1 saturated heterocycles. The SMILES string of the molecule is Cc1ccc(C(=O)N2CC=C(c3ccccc3)CC2)cc1NC1=NC2CS(=O)(=O)CC2S1. The summed E-state index contributed by atoms with van der Waals surface area (Å²) in [7, 11) is -2.97. The molecule has 3 aliphatic heterocycles. The van der Waals surface area contributed by atoms with Crippen molar-refractivity contribution in [3.63, 3.8) is 0 Å². The number of aryl methyl sites for hydroxylation is 1. The van der Waals surface area contributed by atoms with Gasteiger partial charge in [-0.3, -0.25) is 9.79 Å². The van der Waals surface area contributed by atoms with Crippen LogP contribution in [0.1, 0.15) is 27.9 Å². The summed E-state index contributed by atoms with van der Waals surface area (Å²) in [6, 6.07) is 15.8. The van der Waals surface area contributed by atoms with Crippen LogP contribution in [-0.2, 0) is 9.84 Å². The molecule has 6 nitrogen and oxygen atoms in total. The van der Waals surface area contributed by atoms with Crippen molar-refractivity contribution in [1.29, 1.82) is 0 Å². The predicted molar refractivity (Wildman–Crippen MR) is 131 cm³/mol. The summed E-state index contributed by atoms with van der Waals surface area (Å²) in [5.41, 5.74) is 4.99. The van der Waals surface area contributed by atoms with Gasteiger partial charge in [0.1, 0.15) is 0 Å². The third-order valence-corrected chi connectivity index (χ3v) is 9.33. The summed E-state index contributed by atoms with van der Waals surface area (Å²) in [5, 5.41) is 4.05. The Morgan fingerprint density at radius 3 is 2.69 bits per heavy atom. The van der Waals surface area contributed by atoms with E-state index in [0.717, 1.165) is 22.8 Å². The van der Waals surface area contributed by atoms with Crippen molar-refractivity contribution >= 4 is 43.9 Å². The second kappa shape index (κ2) is 8.41. The van der Waals surface area contributed by atoms with Crippen molar-refractivity contribution in [1.82, 2.24) is 4.90 Å². The molecule has 3 aliphatic rings. The highest BCUT2D eigenvalue weighted by atomic mass is 32.2. The molecule has 5 rings (SSSR count). The van der Waals surface area contributed by atoms with Crippen LogP contribution in [0.15, 0.2) is 59.6 Å². The Balaban J connectivity index is 1.28. The number of hydrogen-bond donors (Lipinski definition) is 1. The lowest BCUT2D eigenvalue weighted by Crippen LogP contribution is -2.34. The van der Waals surface area contributed by atoms with Gasteiger partial charge in [0, 0.05) is 29.6 Å². The van der Waals surface area contributed by atoms with E-state index in [4.69, 9.17) is 0 Å². The van der Waals surface area contributed by atoms with Crippen molar-refractivity contribution in [2.75, 3.05) is 29.9 Å². The van der Waals surface area contributed by atoms with Gasteiger partial charge in [0.2, 0.25) is 0 Å². The fourth-order valence-electron chi connectivity index (χ4n) is 4.37. The minimum atomic E-state index is -2.97. The Morgan fingerprint density at radius 2 is 1.97 bits per heavy atom. The van der Waals surface area contributed by atoms with Gasteiger partial charge < -0.3 is 10.2 Å². The Morgan fingerprint density at radius 1 is 1.16 bits per heavy atom. The number of fused-ring (bicyclic) bond motifs is 1. The van der Waals surface area contributed by atoms with Gasteiger partial charge in [0.05, 0.1) is 17.5 Å². The van der Waals surface area contributed by atoms with Crippen LogP contribution in [0.25, 0.3) is 5.57 Å². The first-order valence-electron chi connectivity index (χ1n) is 10.7. The number of nitrogens with one attached hydrogen (secondary N) is 1. The lowest BCUT2D eigenvalue weighted by molar-refractivity contribution is 0.0773. The molecule has 2 unspecified atom stereocenters. The fraction of sp³-hybridized carbons (Fsp3) is 0.333. The summed E-state index contributed by atoms with van der Waals surface area (Å²) in [6.45, 7) is 3.27. The van der Waals surface area contributed by atoms with Crippen molar-refractivity contribution in [3.05, 3.63) is 71.3 Å². The van der Waals surface area contributed by atoms with Crippen LogP contribution in [0.3, 0.4) is 0 Å². The first kappa shape index (κ1) is 21.3. The van der Waals surface area contributed by atoms with Gasteiger partial charge in [0.15, 0.2) is 15.0 Å². The molecule has 0 spiro atoms. The Hall–Kier alpha value is -2.58. The third-order valence-electron chi connectivity index (χ3n) is 6.19. The number of carbonyl (C=O) groups excluding carboxylic acids is 1. The molecular formula is C24H25N3O3S2. The van der Waals surface area contributed by atoms with Gasteiger partial charge in [-0.2, -0.15) is 0 Å². The topological polar surface area (TPSA) is 78.8 Å². The summed E-state index contributed by atoms with van der Waals surface area (Å²) < 4.78 is 23.6. The molecule has 0 radical (unpaired) electrons. The molecule has 32 heavy (non-hydrogen) atoms. The predicted octanol–water partition coefficient (Wildman–Crippen LogP) is 3.60. The molecular weight excluding hydrogens is 442 g/mol. The van der Waals surface area contributed by atoms with Crippen molar-refractivity contribution < 1.29 is 13.2 Å². The van der Waals surface area contributed by atoms with Crippen LogP contribution in [0.2, 0.25) is 0 Å². The van der Waals surface area contributed by atoms with Gasteiger partial charge in [-0.25, -0.2) is 8.42 Å². The monoisotopic (exact) mass is 467 g/mol. The molecule has 1 N–H and O–H groups in total. The fourth-order valence-corrected chi connectivity index (χ4v) is 8.04. The Kier molecular flexibility index (Phi) is 5.59. The van der Waals surface area contributed by atoms with Gasteiger partial charge in [0.25, 0.3) is 5.91 Å². The summed E-state index contributed by atoms with van der Waals surface area (Å²) in [4.78, 5) is 19.6. The normalized spacial score (nSPS) is 24.0. The maximum atomic E-state index is 13.1. The average Bonchev–Trinajstić information content (AvgIpc) is 3.28. The summed E-state index contributed by atoms with van der Waals surface area (Å²) in [6.07, 6.45) is 2.98. The summed E-state index contributed by atoms with van der Waals surface area (Å²) in [5.74, 6) is 0.323. The van der Waals surface area contributed by atoms with Crippen LogP contribution < -0.4 is 5.32 Å². The number of hydrogen-bond acceptors (Lipinski definition) is 6. The van der Waals surface area contributed by atoms with Crippen LogP contribution in [-0.4, -0.2) is 60.3 Å². The number of nitrogens with zero attached hydrogens (tertiary/aromatic N) is 2. The number of benzene rings is 2. The number of amides is 1. The first-order chi connectivity index (χ1) is 15.4. The second-order valence-corrected chi connectivity index (χ2v) is 11.9. The number of thioether (sulfide) groups is 1. The van der Waals surface area contributed by atoms with E-state index >= 15 is 0 Å². The smallest absolute Gasteiger partial charge is 0.254 e. The number of anilines is 1. The first-order valence-corrected chi connectivity index (χ1v) is 13.4. The van der Waals surface area contributed by atoms with Gasteiger partial charge in [-0.05, 0) is 42.2 Å². The van der Waals surface area contributed by atoms with E-state index < -0.39 is 9.84 Å². The van der Waals surface area contributed by atoms with E-state index in [0.29, 0.717) is 18.7 Å². The van der Waals surface area contributed by atoms with Crippen LogP contribution in [0, 0.1) is 6.92 Å². The van der Waals surface area contributed by atoms with Crippen LogP contribution in [0.5, 0.6) is 0 Å². The van der Waals surface area contributed by atoms with E-state index in [1.807, 2.05) is 48.2 Å². The number of aliphatic imine (C=N–C) groups is 1. The van der Waals surface area contributed by atoms with E-state index in [9.17, 15) is 13.2 Å². The molecule has 3 heterocycles. The molecule has 2 atom stereocenters. The van der Waals surface area contributed by atoms with Gasteiger partial charge >= 0.3 is 0 Å². The lowest BCUT2D eigenvalue weighted by Gasteiger charge is -2.27. The highest BCUT2D eigenvalue weighted by Gasteiger charge is 2.42. The van der Waals surface area contributed by atoms with Crippen molar-refractivity contribution in [2.45, 2.75) is 24.6 Å². The maximum Gasteiger partial charge on any atom is 0.254 e. The molecule has 2 aromatic rings. The molecule has 1 fully saturated rings. The minimum Gasteiger partial charge on any atom is -0.335 e. The molecule has 0 saturated carbocycles. The molecule has 0 aliphatic carbocycles. The van der Waals surface area contributed by atoms with Crippen molar-refractivity contribution in [2.24, 2.45) is 4.99 Å². The molecule has 166 valence electrons. The lowest BCUT2D eigenvalue weighted by atomic mass is 9.99. The highest BCUT2D eigenvalue weighted by Crippen LogP contribution is 2.35. The van der Waals surface area contributed by atoms with Gasteiger partial charge in [-0.1, -0.05) is 54.2 Å². The van der Waals surface area contributed by atoms with E-state index in [-0.39, 0.29) is 28.7 Å². The van der Waals surface area contributed by atoms with Crippen molar-refractivity contribution in [3.8, 4) is 0 Å². The van der Waals surface area contributed by atoms with Gasteiger partial charge in [-0.15, -0.1) is 0 Å². The quantitative estimate of drug-likeness (QED) is 0.746. The molecule has 8 heteroatoms. The van der Waals surface area contributed by atoms with E-state index in [1.54, 1.807) is 0 Å². The number of sulfone groups is 1. The third kappa shape index (κ3) is 4.34. The Bertz CT molecular complexity index is 1220. The zero-order chi connectivity index (χ0) is 22.3. The van der Waals surface area contributed by atoms with Crippen LogP contribution in [0.4, 0.5) is 5.69 Å². The number of rotatable bonds is 3. The highest BCUT2D eigenvalue weighted by molar-refractivity contribution is 8.15. The molecule has 2 aromatic carbocycles. The molecule has 0 aromatic heterocycles. The molecule has 0 bridgehead atoms. The zero-order valence-corrected chi connectivity index (χ0v) is 19.5. The summed E-state index contributed by atoms with van der Waals surface area (Å²) >= 11 is 1.48. The maximum absolute atomic E-state index is 13.1. The number of amidine groups is 1. The molecule has 1 amide bonds. The largest absolute Gasteiger partial charge is 0.335 e. The average molecular weight is 468 g/mol. The van der Waals surface area contributed by atoms with E-state index in [2.05, 4.69) is 28.5 Å². The minimum absolute atomic E-state index is 0.00781. The standard InChI is InChI=1S/C24H25N3O3S2/c1-16-7-8-19(13-20(16)25-24-26-21-14-32(29,30)15-22(21)31-24)23(28)27-11-9-18(10-12-27)17-5-3-2-4-6-17/h2-9,13,21-22H,10-12,14-15H2,1H3,(H,25,26). The van der Waals surface area contributed by atoms with Crippen LogP contribution >= 0.6 is 11.8 Å². The van der Waals surface area contributed by atoms with E-state index in [1.165, 1.54) is 22.9 Å². The Labute approximate surface area is 192 Å². The number of carbonyl (C=O) groups is 1. The zero-order valence-electron chi connectivity index (χ0n) is 17.8.